The molecule has 1 aliphatic carbocycles. The number of benzene rings is 1. The Labute approximate surface area is 173 Å². The lowest BCUT2D eigenvalue weighted by Gasteiger charge is -2.37. The first-order valence-electron chi connectivity index (χ1n) is 10.8. The lowest BCUT2D eigenvalue weighted by atomic mass is 9.96. The molecule has 2 aromatic rings. The van der Waals surface area contributed by atoms with Crippen LogP contribution >= 0.6 is 0 Å². The van der Waals surface area contributed by atoms with Crippen LogP contribution in [0.3, 0.4) is 0 Å². The number of piperazine rings is 1. The Balaban J connectivity index is 1.38. The van der Waals surface area contributed by atoms with E-state index in [4.69, 9.17) is 0 Å². The summed E-state index contributed by atoms with van der Waals surface area (Å²) in [4.78, 5) is 26.1. The standard InChI is InChI=1S/C23H31N5O/c1-17-7-6-10-21(18(17)2)27-13-15-28(16-14-27)22(29)20-11-12-24-23(26-20)25-19-8-4-3-5-9-19/h6-7,10-12,19H,3-5,8-9,13-16H2,1-2H3,(H,24,25,26). The third-order valence-corrected chi connectivity index (χ3v) is 6.30. The van der Waals surface area contributed by atoms with E-state index < -0.39 is 0 Å². The molecule has 6 heteroatoms. The van der Waals surface area contributed by atoms with Gasteiger partial charge in [-0.2, -0.15) is 0 Å². The predicted molar refractivity (Wildman–Crippen MR) is 117 cm³/mol. The van der Waals surface area contributed by atoms with E-state index in [-0.39, 0.29) is 5.91 Å². The van der Waals surface area contributed by atoms with Gasteiger partial charge in [0.15, 0.2) is 0 Å². The Morgan fingerprint density at radius 1 is 1.03 bits per heavy atom. The van der Waals surface area contributed by atoms with Crippen LogP contribution in [0.2, 0.25) is 0 Å². The van der Waals surface area contributed by atoms with Crippen LogP contribution in [0, 0.1) is 13.8 Å². The number of rotatable bonds is 4. The number of nitrogens with one attached hydrogen (secondary N) is 1. The number of hydrogen-bond donors (Lipinski definition) is 1. The maximum atomic E-state index is 13.0. The number of hydrogen-bond acceptors (Lipinski definition) is 5. The molecule has 1 aromatic carbocycles. The summed E-state index contributed by atoms with van der Waals surface area (Å²) in [6, 6.07) is 8.58. The molecule has 1 amide bonds. The van der Waals surface area contributed by atoms with E-state index in [0.717, 1.165) is 25.9 Å². The minimum absolute atomic E-state index is 0.000270. The molecule has 0 radical (unpaired) electrons. The summed E-state index contributed by atoms with van der Waals surface area (Å²) in [6.07, 6.45) is 7.81. The van der Waals surface area contributed by atoms with Crippen LogP contribution < -0.4 is 10.2 Å². The number of carbonyl (C=O) groups is 1. The Hall–Kier alpha value is -2.63. The van der Waals surface area contributed by atoms with Gasteiger partial charge in [-0.25, -0.2) is 9.97 Å². The third-order valence-electron chi connectivity index (χ3n) is 6.30. The van der Waals surface area contributed by atoms with Gasteiger partial charge in [0.05, 0.1) is 0 Å². The maximum absolute atomic E-state index is 13.0. The molecule has 154 valence electrons. The molecular weight excluding hydrogens is 362 g/mol. The van der Waals surface area contributed by atoms with Gasteiger partial charge >= 0.3 is 0 Å². The molecule has 2 heterocycles. The lowest BCUT2D eigenvalue weighted by molar-refractivity contribution is 0.0741. The molecule has 29 heavy (non-hydrogen) atoms. The van der Waals surface area contributed by atoms with Crippen molar-refractivity contribution < 1.29 is 4.79 Å². The topological polar surface area (TPSA) is 61.4 Å². The maximum Gasteiger partial charge on any atom is 0.272 e. The van der Waals surface area contributed by atoms with Crippen LogP contribution in [0.15, 0.2) is 30.5 Å². The van der Waals surface area contributed by atoms with Crippen LogP contribution in [0.5, 0.6) is 0 Å². The average Bonchev–Trinajstić information content (AvgIpc) is 2.76. The predicted octanol–water partition coefficient (Wildman–Crippen LogP) is 3.80. The number of aromatic nitrogens is 2. The smallest absolute Gasteiger partial charge is 0.272 e. The molecule has 0 bridgehead atoms. The molecular formula is C23H31N5O. The second-order valence-electron chi connectivity index (χ2n) is 8.24. The Morgan fingerprint density at radius 3 is 2.55 bits per heavy atom. The summed E-state index contributed by atoms with van der Waals surface area (Å²) in [5.41, 5.74) is 4.39. The highest BCUT2D eigenvalue weighted by molar-refractivity contribution is 5.92. The van der Waals surface area contributed by atoms with E-state index in [1.54, 1.807) is 12.3 Å². The summed E-state index contributed by atoms with van der Waals surface area (Å²) in [5, 5.41) is 3.42. The van der Waals surface area contributed by atoms with Crippen molar-refractivity contribution in [3.8, 4) is 0 Å². The van der Waals surface area contributed by atoms with Crippen molar-refractivity contribution in [3.05, 3.63) is 47.3 Å². The number of aryl methyl sites for hydroxylation is 1. The molecule has 6 nitrogen and oxygen atoms in total. The lowest BCUT2D eigenvalue weighted by Crippen LogP contribution is -2.49. The van der Waals surface area contributed by atoms with Crippen molar-refractivity contribution in [2.24, 2.45) is 0 Å². The first kappa shape index (κ1) is 19.7. The van der Waals surface area contributed by atoms with Crippen molar-refractivity contribution in [2.75, 3.05) is 36.4 Å². The molecule has 0 spiro atoms. The van der Waals surface area contributed by atoms with E-state index in [9.17, 15) is 4.79 Å². The minimum Gasteiger partial charge on any atom is -0.368 e. The van der Waals surface area contributed by atoms with E-state index in [1.807, 2.05) is 4.90 Å². The van der Waals surface area contributed by atoms with Crippen molar-refractivity contribution in [2.45, 2.75) is 52.0 Å². The van der Waals surface area contributed by atoms with E-state index in [2.05, 4.69) is 52.2 Å². The summed E-state index contributed by atoms with van der Waals surface area (Å²) in [5.74, 6) is 0.580. The van der Waals surface area contributed by atoms with Crippen LogP contribution in [0.25, 0.3) is 0 Å². The zero-order valence-corrected chi connectivity index (χ0v) is 17.5. The van der Waals surface area contributed by atoms with Crippen molar-refractivity contribution in [1.29, 1.82) is 0 Å². The molecule has 1 saturated heterocycles. The van der Waals surface area contributed by atoms with Gasteiger partial charge in [0.2, 0.25) is 5.95 Å². The minimum atomic E-state index is -0.000270. The SMILES string of the molecule is Cc1cccc(N2CCN(C(=O)c3ccnc(NC4CCCCC4)n3)CC2)c1C. The average molecular weight is 394 g/mol. The van der Waals surface area contributed by atoms with Gasteiger partial charge < -0.3 is 15.1 Å². The van der Waals surface area contributed by atoms with Crippen LogP contribution in [0.1, 0.15) is 53.7 Å². The van der Waals surface area contributed by atoms with Crippen molar-refractivity contribution in [3.63, 3.8) is 0 Å². The summed E-state index contributed by atoms with van der Waals surface area (Å²) in [6.45, 7) is 7.42. The van der Waals surface area contributed by atoms with Crippen molar-refractivity contribution in [1.82, 2.24) is 14.9 Å². The fourth-order valence-corrected chi connectivity index (χ4v) is 4.37. The quantitative estimate of drug-likeness (QED) is 0.856. The molecule has 0 atom stereocenters. The van der Waals surface area contributed by atoms with E-state index >= 15 is 0 Å². The van der Waals surface area contributed by atoms with Gasteiger partial charge in [0.1, 0.15) is 5.69 Å². The largest absolute Gasteiger partial charge is 0.368 e. The summed E-state index contributed by atoms with van der Waals surface area (Å²) < 4.78 is 0. The molecule has 0 unspecified atom stereocenters. The first-order chi connectivity index (χ1) is 14.1. The van der Waals surface area contributed by atoms with Gasteiger partial charge in [0, 0.05) is 44.1 Å². The third kappa shape index (κ3) is 4.52. The Bertz CT molecular complexity index is 854. The number of nitrogens with zero attached hydrogens (tertiary/aromatic N) is 4. The molecule has 2 aliphatic rings. The van der Waals surface area contributed by atoms with Crippen LogP contribution in [-0.4, -0.2) is 53.0 Å². The van der Waals surface area contributed by atoms with E-state index in [1.165, 1.54) is 36.1 Å². The summed E-state index contributed by atoms with van der Waals surface area (Å²) in [7, 11) is 0. The van der Waals surface area contributed by atoms with Gasteiger partial charge in [-0.05, 0) is 49.9 Å². The first-order valence-corrected chi connectivity index (χ1v) is 10.8. The van der Waals surface area contributed by atoms with Gasteiger partial charge in [0.25, 0.3) is 5.91 Å². The van der Waals surface area contributed by atoms with Gasteiger partial charge in [-0.3, -0.25) is 4.79 Å². The monoisotopic (exact) mass is 393 g/mol. The molecule has 1 aliphatic heterocycles. The number of amides is 1. The van der Waals surface area contributed by atoms with Gasteiger partial charge in [-0.15, -0.1) is 0 Å². The Morgan fingerprint density at radius 2 is 1.79 bits per heavy atom. The normalized spacial score (nSPS) is 18.0. The second-order valence-corrected chi connectivity index (χ2v) is 8.24. The summed E-state index contributed by atoms with van der Waals surface area (Å²) >= 11 is 0. The molecule has 1 N–H and O–H groups in total. The molecule has 4 rings (SSSR count). The highest BCUT2D eigenvalue weighted by Crippen LogP contribution is 2.24. The fourth-order valence-electron chi connectivity index (χ4n) is 4.37. The fraction of sp³-hybridized carbons (Fsp3) is 0.522. The van der Waals surface area contributed by atoms with Crippen molar-refractivity contribution >= 4 is 17.5 Å². The number of carbonyl (C=O) groups excluding carboxylic acids is 1. The van der Waals surface area contributed by atoms with Gasteiger partial charge in [-0.1, -0.05) is 31.4 Å². The number of anilines is 2. The van der Waals surface area contributed by atoms with Crippen LogP contribution in [-0.2, 0) is 0 Å². The molecule has 1 aromatic heterocycles. The van der Waals surface area contributed by atoms with E-state index in [0.29, 0.717) is 30.8 Å². The second kappa shape index (κ2) is 8.80. The zero-order valence-electron chi connectivity index (χ0n) is 17.5. The molecule has 1 saturated carbocycles. The zero-order chi connectivity index (χ0) is 20.2. The van der Waals surface area contributed by atoms with Crippen LogP contribution in [0.4, 0.5) is 11.6 Å². The highest BCUT2D eigenvalue weighted by Gasteiger charge is 2.24. The Kier molecular flexibility index (Phi) is 5.97. The molecule has 2 fully saturated rings. The highest BCUT2D eigenvalue weighted by atomic mass is 16.2.